The lowest BCUT2D eigenvalue weighted by molar-refractivity contribution is 0.669. The fourth-order valence-corrected chi connectivity index (χ4v) is 7.18. The summed E-state index contributed by atoms with van der Waals surface area (Å²) in [6, 6.07) is 61.7. The normalized spacial score (nSPS) is 11.6. The maximum atomic E-state index is 6.19. The molecule has 2 aromatic heterocycles. The van der Waals surface area contributed by atoms with Crippen LogP contribution in [-0.2, 0) is 0 Å². The van der Waals surface area contributed by atoms with Gasteiger partial charge in [0.25, 0.3) is 0 Å². The molecular weight excluding hydrogens is 611 g/mol. The van der Waals surface area contributed by atoms with Crippen LogP contribution in [0.1, 0.15) is 0 Å². The standard InChI is InChI=1S/C46H29N3O/c1-3-10-30(11-4-1)35-22-24-38(32-12-5-2-6-13-32)43(29-35)49-47-41-25-23-34(28-42(41)48-49)33-20-18-31-19-21-36(27-37(31)26-33)39-15-9-17-45-46(39)40-14-7-8-16-44(40)50-45/h1-29H. The van der Waals surface area contributed by atoms with Crippen LogP contribution in [0.5, 0.6) is 0 Å². The number of nitrogens with zero attached hydrogens (tertiary/aromatic N) is 3. The first-order chi connectivity index (χ1) is 24.7. The van der Waals surface area contributed by atoms with Gasteiger partial charge in [-0.1, -0.05) is 133 Å². The van der Waals surface area contributed by atoms with Gasteiger partial charge in [-0.05, 0) is 92.2 Å². The summed E-state index contributed by atoms with van der Waals surface area (Å²) in [5.41, 5.74) is 13.5. The molecule has 4 heteroatoms. The zero-order valence-corrected chi connectivity index (χ0v) is 27.0. The van der Waals surface area contributed by atoms with Crippen LogP contribution in [0.2, 0.25) is 0 Å². The van der Waals surface area contributed by atoms with Crippen molar-refractivity contribution in [1.82, 2.24) is 15.0 Å². The molecule has 10 aromatic rings. The Kier molecular flexibility index (Phi) is 6.46. The molecule has 0 radical (unpaired) electrons. The molecule has 0 aliphatic rings. The minimum absolute atomic E-state index is 0.846. The number of benzene rings is 8. The van der Waals surface area contributed by atoms with Crippen molar-refractivity contribution >= 4 is 43.7 Å². The molecule has 234 valence electrons. The van der Waals surface area contributed by atoms with Gasteiger partial charge in [-0.25, -0.2) is 0 Å². The quantitative estimate of drug-likeness (QED) is 0.188. The lowest BCUT2D eigenvalue weighted by Gasteiger charge is -2.11. The lowest BCUT2D eigenvalue weighted by atomic mass is 9.95. The molecule has 4 nitrogen and oxygen atoms in total. The van der Waals surface area contributed by atoms with Crippen LogP contribution in [0.15, 0.2) is 180 Å². The van der Waals surface area contributed by atoms with Crippen LogP contribution in [0.25, 0.3) is 93.9 Å². The monoisotopic (exact) mass is 639 g/mol. The highest BCUT2D eigenvalue weighted by molar-refractivity contribution is 6.13. The van der Waals surface area contributed by atoms with Crippen molar-refractivity contribution in [1.29, 1.82) is 0 Å². The molecule has 0 N–H and O–H groups in total. The van der Waals surface area contributed by atoms with E-state index in [1.54, 1.807) is 4.80 Å². The van der Waals surface area contributed by atoms with Gasteiger partial charge in [0.15, 0.2) is 0 Å². The van der Waals surface area contributed by atoms with E-state index in [0.29, 0.717) is 0 Å². The Balaban J connectivity index is 1.06. The average Bonchev–Trinajstić information content (AvgIpc) is 3.79. The largest absolute Gasteiger partial charge is 0.456 e. The number of furan rings is 1. The number of aromatic nitrogens is 3. The summed E-state index contributed by atoms with van der Waals surface area (Å²) in [5.74, 6) is 0. The molecule has 0 fully saturated rings. The summed E-state index contributed by atoms with van der Waals surface area (Å²) in [7, 11) is 0. The van der Waals surface area contributed by atoms with Crippen molar-refractivity contribution in [3.8, 4) is 50.2 Å². The maximum Gasteiger partial charge on any atom is 0.136 e. The SMILES string of the molecule is c1ccc(-c2ccc(-c3ccccc3)c(-n3nc4ccc(-c5ccc6ccc(-c7cccc8oc9ccccc9c78)cc6c5)cc4n3)c2)cc1. The fraction of sp³-hybridized carbons (Fsp3) is 0. The van der Waals surface area contributed by atoms with Crippen LogP contribution in [0.4, 0.5) is 0 Å². The van der Waals surface area contributed by atoms with Crippen molar-refractivity contribution < 1.29 is 4.42 Å². The van der Waals surface area contributed by atoms with E-state index in [9.17, 15) is 0 Å². The zero-order chi connectivity index (χ0) is 33.0. The highest BCUT2D eigenvalue weighted by atomic mass is 16.3. The van der Waals surface area contributed by atoms with E-state index in [-0.39, 0.29) is 0 Å². The molecule has 8 aromatic carbocycles. The Morgan fingerprint density at radius 3 is 1.88 bits per heavy atom. The first-order valence-electron chi connectivity index (χ1n) is 16.8. The molecule has 0 amide bonds. The molecule has 0 aliphatic heterocycles. The van der Waals surface area contributed by atoms with Gasteiger partial charge >= 0.3 is 0 Å². The summed E-state index contributed by atoms with van der Waals surface area (Å²) >= 11 is 0. The van der Waals surface area contributed by atoms with Gasteiger partial charge in [0.1, 0.15) is 22.2 Å². The highest BCUT2D eigenvalue weighted by Crippen LogP contribution is 2.38. The van der Waals surface area contributed by atoms with E-state index in [0.717, 1.165) is 77.6 Å². The molecule has 0 saturated heterocycles. The third-order valence-electron chi connectivity index (χ3n) is 9.67. The first kappa shape index (κ1) is 28.3. The smallest absolute Gasteiger partial charge is 0.136 e. The predicted octanol–water partition coefficient (Wildman–Crippen LogP) is 12.1. The van der Waals surface area contributed by atoms with Crippen LogP contribution < -0.4 is 0 Å². The van der Waals surface area contributed by atoms with Crippen molar-refractivity contribution in [2.45, 2.75) is 0 Å². The Hall–Kier alpha value is -6.78. The van der Waals surface area contributed by atoms with Crippen molar-refractivity contribution in [3.05, 3.63) is 176 Å². The van der Waals surface area contributed by atoms with E-state index in [4.69, 9.17) is 14.6 Å². The van der Waals surface area contributed by atoms with Gasteiger partial charge in [0.05, 0.1) is 5.69 Å². The molecule has 0 aliphatic carbocycles. The number of para-hydroxylation sites is 1. The number of rotatable bonds is 5. The van der Waals surface area contributed by atoms with E-state index in [1.165, 1.54) is 16.3 Å². The summed E-state index contributed by atoms with van der Waals surface area (Å²) in [6.07, 6.45) is 0. The topological polar surface area (TPSA) is 43.9 Å². The average molecular weight is 640 g/mol. The molecule has 0 saturated carbocycles. The third kappa shape index (κ3) is 4.77. The van der Waals surface area contributed by atoms with E-state index < -0.39 is 0 Å². The molecule has 0 bridgehead atoms. The fourth-order valence-electron chi connectivity index (χ4n) is 7.18. The van der Waals surface area contributed by atoms with E-state index in [1.807, 2.05) is 30.3 Å². The molecule has 50 heavy (non-hydrogen) atoms. The van der Waals surface area contributed by atoms with Gasteiger partial charge in [0.2, 0.25) is 0 Å². The minimum atomic E-state index is 0.846. The molecule has 0 spiro atoms. The molecular formula is C46H29N3O. The van der Waals surface area contributed by atoms with Crippen LogP contribution >= 0.6 is 0 Å². The van der Waals surface area contributed by atoms with Crippen LogP contribution in [-0.4, -0.2) is 15.0 Å². The summed E-state index contributed by atoms with van der Waals surface area (Å²) in [5, 5.41) is 14.7. The summed E-state index contributed by atoms with van der Waals surface area (Å²) in [6.45, 7) is 0. The minimum Gasteiger partial charge on any atom is -0.456 e. The van der Waals surface area contributed by atoms with E-state index >= 15 is 0 Å². The molecule has 0 unspecified atom stereocenters. The van der Waals surface area contributed by atoms with Crippen LogP contribution in [0, 0.1) is 0 Å². The predicted molar refractivity (Wildman–Crippen MR) is 205 cm³/mol. The van der Waals surface area contributed by atoms with Crippen molar-refractivity contribution in [3.63, 3.8) is 0 Å². The van der Waals surface area contributed by atoms with Gasteiger partial charge in [0, 0.05) is 16.3 Å². The number of hydrogen-bond acceptors (Lipinski definition) is 3. The number of fused-ring (bicyclic) bond motifs is 5. The molecule has 0 atom stereocenters. The second-order valence-electron chi connectivity index (χ2n) is 12.7. The Bertz CT molecular complexity index is 2870. The van der Waals surface area contributed by atoms with E-state index in [2.05, 4.69) is 146 Å². The Morgan fingerprint density at radius 1 is 0.380 bits per heavy atom. The summed E-state index contributed by atoms with van der Waals surface area (Å²) < 4.78 is 6.19. The maximum absolute atomic E-state index is 6.19. The Labute approximate surface area is 288 Å². The molecule has 2 heterocycles. The van der Waals surface area contributed by atoms with Crippen molar-refractivity contribution in [2.24, 2.45) is 0 Å². The Morgan fingerprint density at radius 2 is 1.02 bits per heavy atom. The summed E-state index contributed by atoms with van der Waals surface area (Å²) in [4.78, 5) is 1.79. The highest BCUT2D eigenvalue weighted by Gasteiger charge is 2.15. The third-order valence-corrected chi connectivity index (χ3v) is 9.67. The lowest BCUT2D eigenvalue weighted by Crippen LogP contribution is -2.01. The van der Waals surface area contributed by atoms with Crippen LogP contribution in [0.3, 0.4) is 0 Å². The second kappa shape index (κ2) is 11.4. The number of hydrogen-bond donors (Lipinski definition) is 0. The second-order valence-corrected chi connectivity index (χ2v) is 12.7. The van der Waals surface area contributed by atoms with Crippen molar-refractivity contribution in [2.75, 3.05) is 0 Å². The van der Waals surface area contributed by atoms with Gasteiger partial charge in [-0.3, -0.25) is 0 Å². The first-order valence-corrected chi connectivity index (χ1v) is 16.8. The molecule has 10 rings (SSSR count). The zero-order valence-electron chi connectivity index (χ0n) is 27.0. The van der Waals surface area contributed by atoms with Gasteiger partial charge in [-0.15, -0.1) is 15.0 Å². The van der Waals surface area contributed by atoms with Gasteiger partial charge in [-0.2, -0.15) is 0 Å². The van der Waals surface area contributed by atoms with Gasteiger partial charge < -0.3 is 4.42 Å².